The Labute approximate surface area is 118 Å². The van der Waals surface area contributed by atoms with E-state index in [1.807, 2.05) is 0 Å². The molecule has 0 spiro atoms. The summed E-state index contributed by atoms with van der Waals surface area (Å²) in [6, 6.07) is 9.74. The van der Waals surface area contributed by atoms with Gasteiger partial charge in [-0.05, 0) is 23.8 Å². The molecule has 0 saturated heterocycles. The smallest absolute Gasteiger partial charge is 0.349 e. The van der Waals surface area contributed by atoms with E-state index in [4.69, 9.17) is 9.84 Å². The molecule has 108 valence electrons. The number of nitro groups is 2. The van der Waals surface area contributed by atoms with E-state index in [0.29, 0.717) is 11.3 Å². The normalized spacial score (nSPS) is 10.1. The standard InChI is InChI=1S/C13H10N2O6/c16-8-9-1-3-10(4-2-9)21-11-5-6-12(14(17)18)13(7-11)15(19)20/h1-7,16H,8H2. The van der Waals surface area contributed by atoms with Crippen molar-refractivity contribution >= 4 is 11.4 Å². The maximum atomic E-state index is 10.8. The first kappa shape index (κ1) is 14.4. The molecule has 0 saturated carbocycles. The fourth-order valence-electron chi connectivity index (χ4n) is 1.67. The van der Waals surface area contributed by atoms with Crippen molar-refractivity contribution in [3.63, 3.8) is 0 Å². The molecule has 0 aliphatic heterocycles. The summed E-state index contributed by atoms with van der Waals surface area (Å²) in [4.78, 5) is 19.9. The molecule has 0 bridgehead atoms. The zero-order chi connectivity index (χ0) is 15.4. The molecule has 21 heavy (non-hydrogen) atoms. The van der Waals surface area contributed by atoms with Gasteiger partial charge in [-0.15, -0.1) is 0 Å². The van der Waals surface area contributed by atoms with Crippen molar-refractivity contribution < 1.29 is 19.7 Å². The summed E-state index contributed by atoms with van der Waals surface area (Å²) in [7, 11) is 0. The number of aliphatic hydroxyl groups excluding tert-OH is 1. The van der Waals surface area contributed by atoms with Crippen LogP contribution < -0.4 is 4.74 Å². The molecule has 0 aromatic heterocycles. The van der Waals surface area contributed by atoms with Crippen molar-refractivity contribution in [2.24, 2.45) is 0 Å². The molecule has 2 rings (SSSR count). The van der Waals surface area contributed by atoms with Crippen LogP contribution in [0, 0.1) is 20.2 Å². The highest BCUT2D eigenvalue weighted by Gasteiger charge is 2.24. The summed E-state index contributed by atoms with van der Waals surface area (Å²) in [6.07, 6.45) is 0. The van der Waals surface area contributed by atoms with Crippen LogP contribution in [0.1, 0.15) is 5.56 Å². The molecule has 1 N–H and O–H groups in total. The molecule has 0 unspecified atom stereocenters. The Kier molecular flexibility index (Phi) is 4.10. The van der Waals surface area contributed by atoms with Gasteiger partial charge in [0.15, 0.2) is 0 Å². The number of rotatable bonds is 5. The number of nitro benzene ring substituents is 2. The van der Waals surface area contributed by atoms with Crippen LogP contribution in [-0.2, 0) is 6.61 Å². The largest absolute Gasteiger partial charge is 0.457 e. The van der Waals surface area contributed by atoms with Crippen LogP contribution in [0.2, 0.25) is 0 Å². The van der Waals surface area contributed by atoms with E-state index in [1.165, 1.54) is 6.07 Å². The van der Waals surface area contributed by atoms with Gasteiger partial charge in [0.2, 0.25) is 0 Å². The first-order valence-electron chi connectivity index (χ1n) is 5.81. The van der Waals surface area contributed by atoms with Crippen molar-refractivity contribution in [2.75, 3.05) is 0 Å². The lowest BCUT2D eigenvalue weighted by Crippen LogP contribution is -1.97. The quantitative estimate of drug-likeness (QED) is 0.668. The molecule has 0 atom stereocenters. The van der Waals surface area contributed by atoms with Gasteiger partial charge in [-0.1, -0.05) is 12.1 Å². The second kappa shape index (κ2) is 5.97. The average Bonchev–Trinajstić information content (AvgIpc) is 2.47. The number of ether oxygens (including phenoxy) is 1. The van der Waals surface area contributed by atoms with Crippen LogP contribution in [-0.4, -0.2) is 15.0 Å². The molecule has 0 aliphatic rings. The first-order valence-corrected chi connectivity index (χ1v) is 5.81. The van der Waals surface area contributed by atoms with Crippen molar-refractivity contribution in [1.29, 1.82) is 0 Å². The van der Waals surface area contributed by atoms with Gasteiger partial charge in [0.25, 0.3) is 0 Å². The van der Waals surface area contributed by atoms with Crippen molar-refractivity contribution in [1.82, 2.24) is 0 Å². The van der Waals surface area contributed by atoms with Crippen LogP contribution in [0.3, 0.4) is 0 Å². The van der Waals surface area contributed by atoms with E-state index in [0.717, 1.165) is 12.1 Å². The van der Waals surface area contributed by atoms with Gasteiger partial charge in [0.1, 0.15) is 11.5 Å². The molecule has 0 fully saturated rings. The van der Waals surface area contributed by atoms with Crippen LogP contribution in [0.4, 0.5) is 11.4 Å². The lowest BCUT2D eigenvalue weighted by Gasteiger charge is -2.06. The summed E-state index contributed by atoms with van der Waals surface area (Å²) in [6.45, 7) is -0.108. The second-order valence-electron chi connectivity index (χ2n) is 4.07. The van der Waals surface area contributed by atoms with E-state index in [1.54, 1.807) is 24.3 Å². The van der Waals surface area contributed by atoms with Gasteiger partial charge < -0.3 is 9.84 Å². The second-order valence-corrected chi connectivity index (χ2v) is 4.07. The third-order valence-electron chi connectivity index (χ3n) is 2.68. The zero-order valence-electron chi connectivity index (χ0n) is 10.6. The molecule has 8 heteroatoms. The molecule has 8 nitrogen and oxygen atoms in total. The van der Waals surface area contributed by atoms with Crippen LogP contribution in [0.25, 0.3) is 0 Å². The molecule has 2 aromatic rings. The minimum absolute atomic E-state index is 0.108. The molecule has 0 amide bonds. The van der Waals surface area contributed by atoms with Crippen LogP contribution in [0.5, 0.6) is 11.5 Å². The maximum absolute atomic E-state index is 10.8. The van der Waals surface area contributed by atoms with Gasteiger partial charge in [0.05, 0.1) is 22.5 Å². The van der Waals surface area contributed by atoms with Crippen molar-refractivity contribution in [3.05, 3.63) is 68.3 Å². The number of hydrogen-bond donors (Lipinski definition) is 1. The predicted molar refractivity (Wildman–Crippen MR) is 72.2 cm³/mol. The highest BCUT2D eigenvalue weighted by molar-refractivity contribution is 5.56. The zero-order valence-corrected chi connectivity index (χ0v) is 10.6. The van der Waals surface area contributed by atoms with Gasteiger partial charge in [-0.3, -0.25) is 20.2 Å². The molecule has 0 heterocycles. The number of benzene rings is 2. The Morgan fingerprint density at radius 3 is 2.00 bits per heavy atom. The van der Waals surface area contributed by atoms with Gasteiger partial charge >= 0.3 is 11.4 Å². The minimum atomic E-state index is -0.833. The van der Waals surface area contributed by atoms with E-state index >= 15 is 0 Å². The van der Waals surface area contributed by atoms with Crippen molar-refractivity contribution in [2.45, 2.75) is 6.61 Å². The summed E-state index contributed by atoms with van der Waals surface area (Å²) in [5.74, 6) is 0.513. The van der Waals surface area contributed by atoms with Crippen LogP contribution in [0.15, 0.2) is 42.5 Å². The number of nitrogens with zero attached hydrogens (tertiary/aromatic N) is 2. The summed E-state index contributed by atoms with van der Waals surface area (Å²) in [5, 5.41) is 30.5. The predicted octanol–water partition coefficient (Wildman–Crippen LogP) is 2.79. The van der Waals surface area contributed by atoms with Crippen LogP contribution >= 0.6 is 0 Å². The minimum Gasteiger partial charge on any atom is -0.457 e. The monoisotopic (exact) mass is 290 g/mol. The Bertz CT molecular complexity index is 684. The maximum Gasteiger partial charge on any atom is 0.349 e. The molecule has 2 aromatic carbocycles. The third-order valence-corrected chi connectivity index (χ3v) is 2.68. The van der Waals surface area contributed by atoms with E-state index in [9.17, 15) is 20.2 Å². The fourth-order valence-corrected chi connectivity index (χ4v) is 1.67. The van der Waals surface area contributed by atoms with Gasteiger partial charge in [-0.2, -0.15) is 0 Å². The molecular weight excluding hydrogens is 280 g/mol. The summed E-state index contributed by atoms with van der Waals surface area (Å²) >= 11 is 0. The Balaban J connectivity index is 2.29. The van der Waals surface area contributed by atoms with Gasteiger partial charge in [0, 0.05) is 6.07 Å². The van der Waals surface area contributed by atoms with E-state index in [2.05, 4.69) is 0 Å². The Morgan fingerprint density at radius 2 is 1.48 bits per heavy atom. The van der Waals surface area contributed by atoms with E-state index in [-0.39, 0.29) is 12.4 Å². The lowest BCUT2D eigenvalue weighted by atomic mass is 10.2. The third kappa shape index (κ3) is 3.31. The summed E-state index contributed by atoms with van der Waals surface area (Å²) in [5.41, 5.74) is -0.538. The lowest BCUT2D eigenvalue weighted by molar-refractivity contribution is -0.422. The Morgan fingerprint density at radius 1 is 0.905 bits per heavy atom. The Hall–Kier alpha value is -3.00. The number of hydrogen-bond acceptors (Lipinski definition) is 6. The first-order chi connectivity index (χ1) is 10.0. The molecule has 0 radical (unpaired) electrons. The summed E-state index contributed by atoms with van der Waals surface area (Å²) < 4.78 is 5.39. The molecule has 0 aliphatic carbocycles. The SMILES string of the molecule is O=[N+]([O-])c1ccc(Oc2ccc(CO)cc2)cc1[N+](=O)[O-]. The van der Waals surface area contributed by atoms with E-state index < -0.39 is 21.2 Å². The average molecular weight is 290 g/mol. The van der Waals surface area contributed by atoms with Crippen molar-refractivity contribution in [3.8, 4) is 11.5 Å². The molecular formula is C13H10N2O6. The topological polar surface area (TPSA) is 116 Å². The van der Waals surface area contributed by atoms with Gasteiger partial charge in [-0.25, -0.2) is 0 Å². The fraction of sp³-hybridized carbons (Fsp3) is 0.0769. The highest BCUT2D eigenvalue weighted by atomic mass is 16.6. The number of aliphatic hydroxyl groups is 1. The highest BCUT2D eigenvalue weighted by Crippen LogP contribution is 2.32.